The molecule has 7 rings (SSSR count). The molecule has 1 saturated carbocycles. The van der Waals surface area contributed by atoms with Crippen LogP contribution in [0.4, 0.5) is 17.1 Å². The van der Waals surface area contributed by atoms with Gasteiger partial charge in [-0.3, -0.25) is 9.79 Å². The summed E-state index contributed by atoms with van der Waals surface area (Å²) >= 11 is 0. The molecule has 0 radical (unpaired) electrons. The van der Waals surface area contributed by atoms with Crippen LogP contribution >= 0.6 is 0 Å². The number of rotatable bonds is 5. The maximum atomic E-state index is 13.8. The molecule has 8 N–H and O–H groups in total. The van der Waals surface area contributed by atoms with E-state index in [1.807, 2.05) is 48.5 Å². The van der Waals surface area contributed by atoms with Crippen LogP contribution in [0.15, 0.2) is 65.7 Å². The van der Waals surface area contributed by atoms with Gasteiger partial charge < -0.3 is 41.5 Å². The highest BCUT2D eigenvalue weighted by Crippen LogP contribution is 2.46. The zero-order valence-corrected chi connectivity index (χ0v) is 21.3. The van der Waals surface area contributed by atoms with Crippen LogP contribution in [-0.4, -0.2) is 75.2 Å². The average molecular weight is 541 g/mol. The second kappa shape index (κ2) is 8.72. The maximum absolute atomic E-state index is 13.8. The Kier molecular flexibility index (Phi) is 5.44. The molecule has 2 unspecified atom stereocenters. The largest absolute Gasteiger partial charge is 0.392 e. The number of nitrogens with zero attached hydrogens (tertiary/aromatic N) is 1. The van der Waals surface area contributed by atoms with Crippen molar-refractivity contribution in [3.05, 3.63) is 76.8 Å². The summed E-state index contributed by atoms with van der Waals surface area (Å²) in [6.45, 7) is -1.45. The number of anilines is 3. The first-order valence-electron chi connectivity index (χ1n) is 13.1. The zero-order valence-electron chi connectivity index (χ0n) is 21.3. The second-order valence-electron chi connectivity index (χ2n) is 10.7. The fourth-order valence-corrected chi connectivity index (χ4v) is 6.32. The number of ketones is 1. The Balaban J connectivity index is 1.35. The predicted octanol–water partition coefficient (Wildman–Crippen LogP) is 0.115. The highest BCUT2D eigenvalue weighted by atomic mass is 16.3. The van der Waals surface area contributed by atoms with Gasteiger partial charge in [0.05, 0.1) is 43.8 Å². The lowest BCUT2D eigenvalue weighted by Gasteiger charge is -2.40. The molecule has 3 aliphatic rings. The van der Waals surface area contributed by atoms with Gasteiger partial charge in [-0.1, -0.05) is 36.4 Å². The third-order valence-corrected chi connectivity index (χ3v) is 8.39. The summed E-state index contributed by atoms with van der Waals surface area (Å²) in [7, 11) is 0. The molecule has 0 spiro atoms. The minimum Gasteiger partial charge on any atom is -0.392 e. The standard InChI is InChI=1S/C30H28N4O6/c35-11-29(12-36)31-19-5-1-3-15-17(7-9-21(33-29)23(15)19)25-27(39)26(28(25)40)18-8-10-22-24-16(18)4-2-6-20(24)32-30(13-37,14-38)34-22/h1-10,25,27,31-33,35-39H,11-14H2. The SMILES string of the molecule is O=C1C(=c2ccc3c4c(cccc24)NC(CO)(CO)N=3)C(O)C1c1ccc2c3c(cccc13)NC(CO)(CO)N2. The van der Waals surface area contributed by atoms with Gasteiger partial charge in [-0.2, -0.15) is 0 Å². The molecule has 10 heteroatoms. The molecule has 0 saturated heterocycles. The van der Waals surface area contributed by atoms with Crippen LogP contribution in [0.5, 0.6) is 0 Å². The van der Waals surface area contributed by atoms with Crippen molar-refractivity contribution in [2.75, 3.05) is 42.4 Å². The number of aliphatic hydroxyl groups is 5. The average Bonchev–Trinajstić information content (AvgIpc) is 2.99. The molecule has 10 nitrogen and oxygen atoms in total. The van der Waals surface area contributed by atoms with Gasteiger partial charge in [0.1, 0.15) is 0 Å². The van der Waals surface area contributed by atoms with E-state index in [1.54, 1.807) is 12.1 Å². The van der Waals surface area contributed by atoms with Crippen LogP contribution < -0.4 is 26.5 Å². The lowest BCUT2D eigenvalue weighted by Crippen LogP contribution is -2.54. The van der Waals surface area contributed by atoms with Crippen LogP contribution in [0.25, 0.3) is 27.1 Å². The predicted molar refractivity (Wildman–Crippen MR) is 151 cm³/mol. The number of nitrogens with one attached hydrogen (secondary N) is 3. The highest BCUT2D eigenvalue weighted by molar-refractivity contribution is 6.29. The zero-order chi connectivity index (χ0) is 27.8. The van der Waals surface area contributed by atoms with Gasteiger partial charge in [-0.15, -0.1) is 0 Å². The Bertz CT molecular complexity index is 1830. The molecule has 0 amide bonds. The van der Waals surface area contributed by atoms with Gasteiger partial charge in [0.25, 0.3) is 0 Å². The van der Waals surface area contributed by atoms with Gasteiger partial charge in [0, 0.05) is 33.4 Å². The van der Waals surface area contributed by atoms with Crippen molar-refractivity contribution in [1.82, 2.24) is 0 Å². The number of Topliss-reactive ketones (excluding diaryl/α,β-unsaturated/α-hetero) is 1. The number of hydrogen-bond donors (Lipinski definition) is 8. The van der Waals surface area contributed by atoms with Gasteiger partial charge in [-0.25, -0.2) is 0 Å². The summed E-state index contributed by atoms with van der Waals surface area (Å²) in [5, 5.41) is 64.8. The fraction of sp³-hybridized carbons (Fsp3) is 0.267. The lowest BCUT2D eigenvalue weighted by molar-refractivity contribution is -0.121. The maximum Gasteiger partial charge on any atom is 0.176 e. The number of carbonyl (C=O) groups is 1. The number of hydrogen-bond acceptors (Lipinski definition) is 10. The van der Waals surface area contributed by atoms with Crippen LogP contribution in [-0.2, 0) is 4.79 Å². The molecule has 4 aromatic rings. The van der Waals surface area contributed by atoms with E-state index in [0.717, 1.165) is 21.5 Å². The molecule has 2 aliphatic heterocycles. The first kappa shape index (κ1) is 24.9. The van der Waals surface area contributed by atoms with Crippen LogP contribution in [0.3, 0.4) is 0 Å². The van der Waals surface area contributed by atoms with Crippen molar-refractivity contribution in [2.45, 2.75) is 23.3 Å². The van der Waals surface area contributed by atoms with Crippen molar-refractivity contribution in [1.29, 1.82) is 0 Å². The smallest absolute Gasteiger partial charge is 0.176 e. The molecular weight excluding hydrogens is 512 g/mol. The number of carbonyl (C=O) groups excluding carboxylic acids is 1. The van der Waals surface area contributed by atoms with Crippen molar-refractivity contribution < 1.29 is 30.3 Å². The number of aliphatic hydroxyl groups excluding tert-OH is 5. The molecule has 204 valence electrons. The van der Waals surface area contributed by atoms with E-state index >= 15 is 0 Å². The van der Waals surface area contributed by atoms with Crippen molar-refractivity contribution in [2.24, 2.45) is 4.99 Å². The summed E-state index contributed by atoms with van der Waals surface area (Å²) in [5.41, 5.74) is 0.772. The van der Waals surface area contributed by atoms with Gasteiger partial charge in [0.2, 0.25) is 0 Å². The van der Waals surface area contributed by atoms with Gasteiger partial charge in [0.15, 0.2) is 17.1 Å². The Morgan fingerprint density at radius 2 is 1.38 bits per heavy atom. The molecule has 1 aliphatic carbocycles. The number of benzene rings is 4. The fourth-order valence-electron chi connectivity index (χ4n) is 6.32. The summed E-state index contributed by atoms with van der Waals surface area (Å²) in [6.07, 6.45) is -1.04. The Labute approximate surface area is 227 Å². The molecule has 4 aromatic carbocycles. The van der Waals surface area contributed by atoms with Crippen molar-refractivity contribution in [3.63, 3.8) is 0 Å². The first-order valence-corrected chi connectivity index (χ1v) is 13.1. The Hall–Kier alpha value is -4.06. The molecule has 40 heavy (non-hydrogen) atoms. The summed E-state index contributed by atoms with van der Waals surface area (Å²) in [4.78, 5) is 18.3. The van der Waals surface area contributed by atoms with Crippen LogP contribution in [0, 0.1) is 0 Å². The van der Waals surface area contributed by atoms with Gasteiger partial charge in [-0.05, 0) is 45.8 Å². The summed E-state index contributed by atoms with van der Waals surface area (Å²) in [5.74, 6) is -0.932. The molecule has 0 bridgehead atoms. The Morgan fingerprint density at radius 3 is 2.02 bits per heavy atom. The van der Waals surface area contributed by atoms with Gasteiger partial charge >= 0.3 is 0 Å². The van der Waals surface area contributed by atoms with E-state index in [9.17, 15) is 30.3 Å². The molecule has 2 heterocycles. The first-order chi connectivity index (χ1) is 19.4. The third-order valence-electron chi connectivity index (χ3n) is 8.39. The minimum atomic E-state index is -1.24. The Morgan fingerprint density at radius 1 is 0.725 bits per heavy atom. The monoisotopic (exact) mass is 540 g/mol. The normalized spacial score (nSPS) is 23.1. The van der Waals surface area contributed by atoms with E-state index in [4.69, 9.17) is 0 Å². The van der Waals surface area contributed by atoms with Crippen LogP contribution in [0.2, 0.25) is 0 Å². The topological polar surface area (TPSA) is 167 Å². The van der Waals surface area contributed by atoms with E-state index in [-0.39, 0.29) is 19.0 Å². The van der Waals surface area contributed by atoms with Crippen LogP contribution in [0.1, 0.15) is 11.5 Å². The molecular formula is C30H28N4O6. The van der Waals surface area contributed by atoms with E-state index < -0.39 is 36.6 Å². The quantitative estimate of drug-likeness (QED) is 0.175. The summed E-state index contributed by atoms with van der Waals surface area (Å²) in [6, 6.07) is 18.2. The van der Waals surface area contributed by atoms with Crippen molar-refractivity contribution >= 4 is 50.0 Å². The van der Waals surface area contributed by atoms with E-state index in [2.05, 4.69) is 20.9 Å². The summed E-state index contributed by atoms with van der Waals surface area (Å²) < 4.78 is 0. The third kappa shape index (κ3) is 3.28. The highest BCUT2D eigenvalue weighted by Gasteiger charge is 2.47. The molecule has 0 aromatic heterocycles. The molecule has 2 atom stereocenters. The van der Waals surface area contributed by atoms with E-state index in [0.29, 0.717) is 38.8 Å². The lowest BCUT2D eigenvalue weighted by atomic mass is 9.69. The second-order valence-corrected chi connectivity index (χ2v) is 10.7. The minimum absolute atomic E-state index is 0.175. The van der Waals surface area contributed by atoms with E-state index in [1.165, 1.54) is 0 Å². The van der Waals surface area contributed by atoms with Crippen molar-refractivity contribution in [3.8, 4) is 0 Å². The molecule has 1 fully saturated rings.